The quantitative estimate of drug-likeness (QED) is 0.824. The molecule has 0 aliphatic rings. The summed E-state index contributed by atoms with van der Waals surface area (Å²) in [4.78, 5) is 0. The fourth-order valence-electron chi connectivity index (χ4n) is 0.902. The van der Waals surface area contributed by atoms with Crippen LogP contribution in [0.5, 0.6) is 0 Å². The first-order chi connectivity index (χ1) is 6.95. The monoisotopic (exact) mass is 248 g/mol. The van der Waals surface area contributed by atoms with Gasteiger partial charge in [-0.2, -0.15) is 12.7 Å². The van der Waals surface area contributed by atoms with Crippen LogP contribution in [0.2, 0.25) is 0 Å². The van der Waals surface area contributed by atoms with Gasteiger partial charge in [-0.15, -0.1) is 11.6 Å². The summed E-state index contributed by atoms with van der Waals surface area (Å²) in [6, 6.07) is 6.92. The fourth-order valence-corrected chi connectivity index (χ4v) is 1.70. The van der Waals surface area contributed by atoms with Gasteiger partial charge in [-0.05, 0) is 17.7 Å². The molecule has 0 heterocycles. The number of alkyl halides is 1. The van der Waals surface area contributed by atoms with E-state index in [2.05, 4.69) is 4.72 Å². The highest BCUT2D eigenvalue weighted by Gasteiger charge is 2.12. The Morgan fingerprint density at radius 1 is 1.27 bits per heavy atom. The van der Waals surface area contributed by atoms with Crippen LogP contribution in [0.4, 0.5) is 5.69 Å². The predicted molar refractivity (Wildman–Crippen MR) is 62.2 cm³/mol. The van der Waals surface area contributed by atoms with E-state index in [1.807, 2.05) is 0 Å². The van der Waals surface area contributed by atoms with E-state index in [1.54, 1.807) is 24.3 Å². The zero-order valence-corrected chi connectivity index (χ0v) is 10.1. The average Bonchev–Trinajstić information content (AvgIpc) is 2.18. The van der Waals surface area contributed by atoms with Crippen LogP contribution in [0, 0.1) is 0 Å². The first-order valence-corrected chi connectivity index (χ1v) is 6.28. The number of anilines is 1. The molecule has 0 aromatic heterocycles. The third-order valence-corrected chi connectivity index (χ3v) is 3.60. The summed E-state index contributed by atoms with van der Waals surface area (Å²) in [5, 5.41) is 0. The van der Waals surface area contributed by atoms with Crippen LogP contribution in [0.1, 0.15) is 5.56 Å². The summed E-state index contributed by atoms with van der Waals surface area (Å²) in [5.74, 6) is 0.417. The van der Waals surface area contributed by atoms with E-state index in [0.29, 0.717) is 11.6 Å². The molecule has 1 aromatic carbocycles. The van der Waals surface area contributed by atoms with Gasteiger partial charge in [0.2, 0.25) is 0 Å². The smallest absolute Gasteiger partial charge is 0.271 e. The molecule has 0 aliphatic heterocycles. The molecular weight excluding hydrogens is 236 g/mol. The van der Waals surface area contributed by atoms with Crippen molar-refractivity contribution in [2.24, 2.45) is 0 Å². The Kier molecular flexibility index (Phi) is 3.96. The number of benzene rings is 1. The zero-order valence-electron chi connectivity index (χ0n) is 8.57. The Morgan fingerprint density at radius 2 is 1.80 bits per heavy atom. The maximum Gasteiger partial charge on any atom is 0.301 e. The third-order valence-electron chi connectivity index (χ3n) is 1.84. The van der Waals surface area contributed by atoms with Crippen molar-refractivity contribution < 1.29 is 8.42 Å². The second kappa shape index (κ2) is 4.83. The van der Waals surface area contributed by atoms with E-state index in [-0.39, 0.29) is 0 Å². The van der Waals surface area contributed by atoms with Crippen molar-refractivity contribution in [1.29, 1.82) is 0 Å². The van der Waals surface area contributed by atoms with Gasteiger partial charge < -0.3 is 0 Å². The van der Waals surface area contributed by atoms with E-state index < -0.39 is 10.2 Å². The molecule has 0 spiro atoms. The molecule has 0 saturated carbocycles. The maximum atomic E-state index is 11.4. The molecule has 0 unspecified atom stereocenters. The molecule has 15 heavy (non-hydrogen) atoms. The van der Waals surface area contributed by atoms with Crippen LogP contribution in [0.25, 0.3) is 0 Å². The van der Waals surface area contributed by atoms with Crippen molar-refractivity contribution in [1.82, 2.24) is 4.31 Å². The van der Waals surface area contributed by atoms with E-state index in [9.17, 15) is 8.42 Å². The van der Waals surface area contributed by atoms with Gasteiger partial charge in [0.25, 0.3) is 0 Å². The molecule has 84 valence electrons. The van der Waals surface area contributed by atoms with Crippen molar-refractivity contribution in [2.75, 3.05) is 18.8 Å². The number of nitrogens with zero attached hydrogens (tertiary/aromatic N) is 1. The molecule has 0 radical (unpaired) electrons. The van der Waals surface area contributed by atoms with Gasteiger partial charge >= 0.3 is 10.2 Å². The molecular formula is C9H13ClN2O2S. The lowest BCUT2D eigenvalue weighted by Crippen LogP contribution is -2.28. The van der Waals surface area contributed by atoms with Crippen molar-refractivity contribution in [2.45, 2.75) is 5.88 Å². The number of rotatable bonds is 4. The predicted octanol–water partition coefficient (Wildman–Crippen LogP) is 1.64. The lowest BCUT2D eigenvalue weighted by molar-refractivity contribution is 0.527. The van der Waals surface area contributed by atoms with Crippen molar-refractivity contribution in [3.05, 3.63) is 29.8 Å². The molecule has 1 N–H and O–H groups in total. The second-order valence-corrected chi connectivity index (χ2v) is 5.37. The molecule has 1 aromatic rings. The van der Waals surface area contributed by atoms with Crippen LogP contribution in [-0.2, 0) is 16.1 Å². The Labute approximate surface area is 95.0 Å². The van der Waals surface area contributed by atoms with Gasteiger partial charge in [-0.25, -0.2) is 0 Å². The standard InChI is InChI=1S/C9H13ClN2O2S/c1-12(2)15(13,14)11-9-5-3-8(7-10)4-6-9/h3-6,11H,7H2,1-2H3. The number of hydrogen-bond acceptors (Lipinski definition) is 2. The van der Waals surface area contributed by atoms with E-state index >= 15 is 0 Å². The highest BCUT2D eigenvalue weighted by atomic mass is 35.5. The molecule has 0 aliphatic carbocycles. The molecule has 0 bridgehead atoms. The molecule has 1 rings (SSSR count). The SMILES string of the molecule is CN(C)S(=O)(=O)Nc1ccc(CCl)cc1. The lowest BCUT2D eigenvalue weighted by Gasteiger charge is -2.13. The summed E-state index contributed by atoms with van der Waals surface area (Å²) in [6.45, 7) is 0. The lowest BCUT2D eigenvalue weighted by atomic mass is 10.2. The minimum atomic E-state index is -3.42. The van der Waals surface area contributed by atoms with Crippen LogP contribution in [0.3, 0.4) is 0 Å². The Hall–Kier alpha value is -0.780. The van der Waals surface area contributed by atoms with Crippen molar-refractivity contribution in [3.8, 4) is 0 Å². The highest BCUT2D eigenvalue weighted by Crippen LogP contribution is 2.13. The van der Waals surface area contributed by atoms with Crippen molar-refractivity contribution in [3.63, 3.8) is 0 Å². The number of hydrogen-bond donors (Lipinski definition) is 1. The summed E-state index contributed by atoms with van der Waals surface area (Å²) in [5.41, 5.74) is 1.47. The van der Waals surface area contributed by atoms with Gasteiger partial charge in [0.05, 0.1) is 0 Å². The number of nitrogens with one attached hydrogen (secondary N) is 1. The van der Waals surface area contributed by atoms with E-state index in [0.717, 1.165) is 9.87 Å². The Bertz CT molecular complexity index is 414. The number of halogens is 1. The van der Waals surface area contributed by atoms with Gasteiger partial charge in [0.1, 0.15) is 0 Å². The second-order valence-electron chi connectivity index (χ2n) is 3.22. The summed E-state index contributed by atoms with van der Waals surface area (Å²) < 4.78 is 26.4. The topological polar surface area (TPSA) is 49.4 Å². The van der Waals surface area contributed by atoms with Crippen molar-refractivity contribution >= 4 is 27.5 Å². The third kappa shape index (κ3) is 3.37. The molecule has 6 heteroatoms. The van der Waals surface area contributed by atoms with Gasteiger partial charge in [-0.3, -0.25) is 4.72 Å². The van der Waals surface area contributed by atoms with Crippen LogP contribution >= 0.6 is 11.6 Å². The van der Waals surface area contributed by atoms with Gasteiger partial charge in [0.15, 0.2) is 0 Å². The molecule has 0 atom stereocenters. The maximum absolute atomic E-state index is 11.4. The largest absolute Gasteiger partial charge is 0.301 e. The van der Waals surface area contributed by atoms with Crippen LogP contribution in [-0.4, -0.2) is 26.8 Å². The first-order valence-electron chi connectivity index (χ1n) is 4.31. The Balaban J connectivity index is 2.82. The summed E-state index contributed by atoms with van der Waals surface area (Å²) in [6.07, 6.45) is 0. The van der Waals surface area contributed by atoms with Crippen LogP contribution in [0.15, 0.2) is 24.3 Å². The zero-order chi connectivity index (χ0) is 11.5. The fraction of sp³-hybridized carbons (Fsp3) is 0.333. The Morgan fingerprint density at radius 3 is 2.20 bits per heavy atom. The minimum absolute atomic E-state index is 0.417. The summed E-state index contributed by atoms with van der Waals surface area (Å²) >= 11 is 5.62. The van der Waals surface area contributed by atoms with E-state index in [4.69, 9.17) is 11.6 Å². The van der Waals surface area contributed by atoms with Crippen LogP contribution < -0.4 is 4.72 Å². The average molecular weight is 249 g/mol. The molecule has 0 saturated heterocycles. The van der Waals surface area contributed by atoms with Gasteiger partial charge in [0, 0.05) is 25.7 Å². The summed E-state index contributed by atoms with van der Waals surface area (Å²) in [7, 11) is -0.485. The van der Waals surface area contributed by atoms with Gasteiger partial charge in [-0.1, -0.05) is 12.1 Å². The molecule has 4 nitrogen and oxygen atoms in total. The first kappa shape index (κ1) is 12.3. The van der Waals surface area contributed by atoms with E-state index in [1.165, 1.54) is 14.1 Å². The normalized spacial score (nSPS) is 11.7. The minimum Gasteiger partial charge on any atom is -0.271 e. The molecule has 0 amide bonds. The molecule has 0 fully saturated rings. The highest BCUT2D eigenvalue weighted by molar-refractivity contribution is 7.90.